The Morgan fingerprint density at radius 2 is 2.25 bits per heavy atom. The van der Waals surface area contributed by atoms with Crippen molar-refractivity contribution in [1.29, 1.82) is 0 Å². The highest BCUT2D eigenvalue weighted by Crippen LogP contribution is 2.54. The normalized spacial score (nSPS) is 24.6. The molecular formula is C15H12BrFO2S. The number of carbonyl (C=O) groups is 1. The van der Waals surface area contributed by atoms with Crippen molar-refractivity contribution >= 4 is 33.2 Å². The van der Waals surface area contributed by atoms with Gasteiger partial charge in [-0.15, -0.1) is 11.3 Å². The molecule has 0 saturated heterocycles. The van der Waals surface area contributed by atoms with E-state index in [1.165, 1.54) is 12.1 Å². The molecule has 0 fully saturated rings. The van der Waals surface area contributed by atoms with Crippen LogP contribution in [-0.2, 0) is 11.2 Å². The van der Waals surface area contributed by atoms with Crippen LogP contribution >= 0.6 is 27.3 Å². The third-order valence-corrected chi connectivity index (χ3v) is 5.61. The second-order valence-corrected chi connectivity index (χ2v) is 7.83. The Balaban J connectivity index is 2.19. The van der Waals surface area contributed by atoms with E-state index in [4.69, 9.17) is 0 Å². The second-order valence-electron chi connectivity index (χ2n) is 5.32. The molecule has 2 nitrogen and oxygen atoms in total. The van der Waals surface area contributed by atoms with E-state index in [-0.39, 0.29) is 11.7 Å². The van der Waals surface area contributed by atoms with Crippen molar-refractivity contribution in [2.75, 3.05) is 0 Å². The molecule has 1 heterocycles. The molecule has 0 bridgehead atoms. The van der Waals surface area contributed by atoms with E-state index in [0.717, 1.165) is 19.8 Å². The molecule has 1 aliphatic carbocycles. The number of rotatable bonds is 2. The van der Waals surface area contributed by atoms with Crippen LogP contribution in [0.5, 0.6) is 0 Å². The summed E-state index contributed by atoms with van der Waals surface area (Å²) in [6.45, 7) is 1.74. The molecule has 5 heteroatoms. The van der Waals surface area contributed by atoms with Crippen molar-refractivity contribution in [3.63, 3.8) is 0 Å². The van der Waals surface area contributed by atoms with Gasteiger partial charge >= 0.3 is 5.97 Å². The molecule has 2 atom stereocenters. The van der Waals surface area contributed by atoms with E-state index in [1.54, 1.807) is 30.4 Å². The molecule has 3 rings (SSSR count). The van der Waals surface area contributed by atoms with Gasteiger partial charge in [-0.3, -0.25) is 4.79 Å². The number of carboxylic acids is 1. The average molecular weight is 355 g/mol. The zero-order valence-electron chi connectivity index (χ0n) is 10.7. The lowest BCUT2D eigenvalue weighted by molar-refractivity contribution is -0.148. The first kappa shape index (κ1) is 13.8. The van der Waals surface area contributed by atoms with Crippen LogP contribution in [-0.4, -0.2) is 11.1 Å². The second kappa shape index (κ2) is 4.67. The third-order valence-electron chi connectivity index (χ3n) is 3.96. The van der Waals surface area contributed by atoms with Crippen LogP contribution in [0.3, 0.4) is 0 Å². The highest BCUT2D eigenvalue weighted by Gasteiger charge is 2.50. The van der Waals surface area contributed by atoms with Crippen LogP contribution in [0.25, 0.3) is 0 Å². The van der Waals surface area contributed by atoms with Gasteiger partial charge in [0.1, 0.15) is 5.82 Å². The van der Waals surface area contributed by atoms with Gasteiger partial charge in [0.15, 0.2) is 0 Å². The largest absolute Gasteiger partial charge is 0.481 e. The van der Waals surface area contributed by atoms with E-state index in [2.05, 4.69) is 15.9 Å². The Hall–Kier alpha value is -1.20. The smallest absolute Gasteiger partial charge is 0.310 e. The zero-order chi connectivity index (χ0) is 14.5. The molecule has 1 N–H and O–H groups in total. The first-order valence-corrected chi connectivity index (χ1v) is 7.80. The Morgan fingerprint density at radius 3 is 2.90 bits per heavy atom. The van der Waals surface area contributed by atoms with Gasteiger partial charge in [0, 0.05) is 10.8 Å². The van der Waals surface area contributed by atoms with E-state index < -0.39 is 11.4 Å². The first-order valence-electron chi connectivity index (χ1n) is 6.19. The number of benzene rings is 1. The predicted molar refractivity (Wildman–Crippen MR) is 79.7 cm³/mol. The van der Waals surface area contributed by atoms with Gasteiger partial charge in [-0.2, -0.15) is 0 Å². The summed E-state index contributed by atoms with van der Waals surface area (Å²) < 4.78 is 14.5. The fourth-order valence-corrected chi connectivity index (χ4v) is 4.92. The van der Waals surface area contributed by atoms with Crippen molar-refractivity contribution in [2.24, 2.45) is 5.41 Å². The number of carboxylic acid groups (broad SMARTS) is 1. The van der Waals surface area contributed by atoms with Gasteiger partial charge in [-0.05, 0) is 58.6 Å². The van der Waals surface area contributed by atoms with Crippen molar-refractivity contribution in [3.05, 3.63) is 55.9 Å². The fourth-order valence-electron chi connectivity index (χ4n) is 3.00. The molecule has 104 valence electrons. The SMILES string of the molecule is C[C@@]1(C(=O)O)Cc2sc(Br)cc2[C@@H]1c1cccc(F)c1. The molecule has 0 spiro atoms. The molecular weight excluding hydrogens is 343 g/mol. The van der Waals surface area contributed by atoms with Gasteiger partial charge < -0.3 is 5.11 Å². The highest BCUT2D eigenvalue weighted by molar-refractivity contribution is 9.11. The number of halogens is 2. The standard InChI is InChI=1S/C15H12BrFO2S/c1-15(14(18)19)7-11-10(6-12(16)20-11)13(15)8-3-2-4-9(17)5-8/h2-6,13H,7H2,1H3,(H,18,19)/t13-,15+/m0/s1. The van der Waals surface area contributed by atoms with Crippen LogP contribution in [0, 0.1) is 11.2 Å². The molecule has 0 saturated carbocycles. The van der Waals surface area contributed by atoms with Crippen molar-refractivity contribution < 1.29 is 14.3 Å². The van der Waals surface area contributed by atoms with Crippen LogP contribution in [0.2, 0.25) is 0 Å². The van der Waals surface area contributed by atoms with Crippen LogP contribution in [0.1, 0.15) is 28.8 Å². The molecule has 2 aromatic rings. The number of thiophene rings is 1. The Kier molecular flexibility index (Phi) is 3.21. The average Bonchev–Trinajstić information content (AvgIpc) is 2.81. The summed E-state index contributed by atoms with van der Waals surface area (Å²) in [5.74, 6) is -1.49. The van der Waals surface area contributed by atoms with Crippen molar-refractivity contribution in [1.82, 2.24) is 0 Å². The van der Waals surface area contributed by atoms with Crippen molar-refractivity contribution in [3.8, 4) is 0 Å². The van der Waals surface area contributed by atoms with E-state index in [1.807, 2.05) is 6.07 Å². The van der Waals surface area contributed by atoms with E-state index in [9.17, 15) is 14.3 Å². The maximum Gasteiger partial charge on any atom is 0.310 e. The molecule has 0 aliphatic heterocycles. The number of fused-ring (bicyclic) bond motifs is 1. The molecule has 0 amide bonds. The Bertz CT molecular complexity index is 697. The molecule has 1 aromatic heterocycles. The maximum absolute atomic E-state index is 13.5. The molecule has 0 unspecified atom stereocenters. The minimum Gasteiger partial charge on any atom is -0.481 e. The van der Waals surface area contributed by atoms with Gasteiger partial charge in [-0.25, -0.2) is 4.39 Å². The summed E-state index contributed by atoms with van der Waals surface area (Å²) in [6.07, 6.45) is 0.481. The quantitative estimate of drug-likeness (QED) is 0.866. The summed E-state index contributed by atoms with van der Waals surface area (Å²) in [7, 11) is 0. The lowest BCUT2D eigenvalue weighted by Crippen LogP contribution is -2.32. The summed E-state index contributed by atoms with van der Waals surface area (Å²) in [5, 5.41) is 9.63. The summed E-state index contributed by atoms with van der Waals surface area (Å²) in [5.41, 5.74) is 0.798. The minimum absolute atomic E-state index is 0.312. The molecule has 20 heavy (non-hydrogen) atoms. The van der Waals surface area contributed by atoms with Gasteiger partial charge in [0.05, 0.1) is 9.20 Å². The number of aliphatic carboxylic acids is 1. The third kappa shape index (κ3) is 2.00. The fraction of sp³-hybridized carbons (Fsp3) is 0.267. The zero-order valence-corrected chi connectivity index (χ0v) is 13.1. The Morgan fingerprint density at radius 1 is 1.50 bits per heavy atom. The lowest BCUT2D eigenvalue weighted by Gasteiger charge is -2.28. The van der Waals surface area contributed by atoms with Crippen LogP contribution in [0.15, 0.2) is 34.1 Å². The first-order chi connectivity index (χ1) is 9.41. The summed E-state index contributed by atoms with van der Waals surface area (Å²) in [4.78, 5) is 12.8. The highest BCUT2D eigenvalue weighted by atomic mass is 79.9. The summed E-state index contributed by atoms with van der Waals surface area (Å²) in [6, 6.07) is 8.21. The van der Waals surface area contributed by atoms with E-state index in [0.29, 0.717) is 6.42 Å². The van der Waals surface area contributed by atoms with Crippen molar-refractivity contribution in [2.45, 2.75) is 19.3 Å². The molecule has 1 aromatic carbocycles. The predicted octanol–water partition coefficient (Wildman–Crippen LogP) is 4.43. The number of hydrogen-bond donors (Lipinski definition) is 1. The lowest BCUT2D eigenvalue weighted by atomic mass is 9.74. The molecule has 0 radical (unpaired) electrons. The van der Waals surface area contributed by atoms with Crippen LogP contribution in [0.4, 0.5) is 4.39 Å². The Labute approximate surface area is 128 Å². The maximum atomic E-state index is 13.5. The monoisotopic (exact) mass is 354 g/mol. The van der Waals surface area contributed by atoms with Gasteiger partial charge in [0.25, 0.3) is 0 Å². The van der Waals surface area contributed by atoms with Gasteiger partial charge in [-0.1, -0.05) is 12.1 Å². The molecule has 1 aliphatic rings. The van der Waals surface area contributed by atoms with Gasteiger partial charge in [0.2, 0.25) is 0 Å². The topological polar surface area (TPSA) is 37.3 Å². The van der Waals surface area contributed by atoms with E-state index >= 15 is 0 Å². The van der Waals surface area contributed by atoms with Crippen LogP contribution < -0.4 is 0 Å². The number of hydrogen-bond acceptors (Lipinski definition) is 2. The minimum atomic E-state index is -0.921. The summed E-state index contributed by atoms with van der Waals surface area (Å²) >= 11 is 5.00.